The van der Waals surface area contributed by atoms with E-state index in [9.17, 15) is 9.90 Å². The number of nitrogens with two attached hydrogens (primary N) is 1. The van der Waals surface area contributed by atoms with Crippen molar-refractivity contribution >= 4 is 23.4 Å². The highest BCUT2D eigenvalue weighted by Crippen LogP contribution is 2.29. The average molecular weight is 266 g/mol. The lowest BCUT2D eigenvalue weighted by Crippen LogP contribution is -2.33. The van der Waals surface area contributed by atoms with Gasteiger partial charge >= 0.3 is 0 Å². The van der Waals surface area contributed by atoms with Gasteiger partial charge in [-0.25, -0.2) is 0 Å². The van der Waals surface area contributed by atoms with Crippen LogP contribution in [0.3, 0.4) is 0 Å². The summed E-state index contributed by atoms with van der Waals surface area (Å²) in [5.41, 5.74) is 6.06. The number of hydrogen-bond acceptors (Lipinski definition) is 4. The minimum atomic E-state index is -0.244. The molecule has 1 fully saturated rings. The first-order chi connectivity index (χ1) is 8.61. The molecule has 2 rings (SSSR count). The number of anilines is 1. The highest BCUT2D eigenvalue weighted by atomic mass is 32.2. The molecular formula is C13H18N2O2S. The predicted molar refractivity (Wildman–Crippen MR) is 74.9 cm³/mol. The Kier molecular flexibility index (Phi) is 4.01. The first-order valence-electron chi connectivity index (χ1n) is 6.03. The Bertz CT molecular complexity index is 451. The monoisotopic (exact) mass is 266 g/mol. The van der Waals surface area contributed by atoms with Gasteiger partial charge in [-0.15, -0.1) is 0 Å². The Morgan fingerprint density at radius 1 is 1.50 bits per heavy atom. The summed E-state index contributed by atoms with van der Waals surface area (Å²) in [6.45, 7) is 0. The van der Waals surface area contributed by atoms with Gasteiger partial charge in [0.25, 0.3) is 5.91 Å². The van der Waals surface area contributed by atoms with Crippen molar-refractivity contribution in [1.82, 2.24) is 5.32 Å². The van der Waals surface area contributed by atoms with Crippen molar-refractivity contribution in [1.29, 1.82) is 0 Å². The molecule has 0 bridgehead atoms. The number of amides is 1. The highest BCUT2D eigenvalue weighted by molar-refractivity contribution is 7.99. The van der Waals surface area contributed by atoms with E-state index in [4.69, 9.17) is 5.73 Å². The third kappa shape index (κ3) is 2.72. The van der Waals surface area contributed by atoms with Crippen molar-refractivity contribution in [3.05, 3.63) is 23.8 Å². The summed E-state index contributed by atoms with van der Waals surface area (Å²) in [4.78, 5) is 12.0. The summed E-state index contributed by atoms with van der Waals surface area (Å²) < 4.78 is 0. The van der Waals surface area contributed by atoms with Gasteiger partial charge in [-0.2, -0.15) is 11.8 Å². The van der Waals surface area contributed by atoms with Crippen LogP contribution in [0.1, 0.15) is 29.6 Å². The maximum atomic E-state index is 12.0. The van der Waals surface area contributed by atoms with Gasteiger partial charge < -0.3 is 16.2 Å². The van der Waals surface area contributed by atoms with Crippen LogP contribution in [-0.4, -0.2) is 28.6 Å². The van der Waals surface area contributed by atoms with Crippen molar-refractivity contribution in [3.8, 4) is 5.75 Å². The van der Waals surface area contributed by atoms with E-state index in [0.29, 0.717) is 5.25 Å². The van der Waals surface area contributed by atoms with Crippen LogP contribution in [0.15, 0.2) is 18.2 Å². The van der Waals surface area contributed by atoms with Crippen LogP contribution in [0.5, 0.6) is 5.75 Å². The van der Waals surface area contributed by atoms with E-state index in [0.717, 1.165) is 19.3 Å². The summed E-state index contributed by atoms with van der Waals surface area (Å²) in [7, 11) is 0. The van der Waals surface area contributed by atoms with Crippen LogP contribution in [0.25, 0.3) is 0 Å². The number of benzene rings is 1. The Morgan fingerprint density at radius 2 is 2.28 bits per heavy atom. The lowest BCUT2D eigenvalue weighted by Gasteiger charge is -2.14. The van der Waals surface area contributed by atoms with Gasteiger partial charge in [0, 0.05) is 11.3 Å². The number of thioether (sulfide) groups is 1. The number of aromatic hydroxyl groups is 1. The van der Waals surface area contributed by atoms with Gasteiger partial charge in [-0.1, -0.05) is 6.07 Å². The van der Waals surface area contributed by atoms with E-state index in [1.54, 1.807) is 18.2 Å². The van der Waals surface area contributed by atoms with Gasteiger partial charge in [-0.3, -0.25) is 4.79 Å². The van der Waals surface area contributed by atoms with Crippen LogP contribution in [-0.2, 0) is 0 Å². The first-order valence-corrected chi connectivity index (χ1v) is 7.31. The molecule has 4 nitrogen and oxygen atoms in total. The van der Waals surface area contributed by atoms with Crippen molar-refractivity contribution in [2.24, 2.45) is 0 Å². The molecule has 98 valence electrons. The zero-order valence-electron chi connectivity index (χ0n) is 10.3. The zero-order chi connectivity index (χ0) is 13.1. The topological polar surface area (TPSA) is 75.4 Å². The average Bonchev–Trinajstić information content (AvgIpc) is 2.80. The molecule has 4 N–H and O–H groups in total. The lowest BCUT2D eigenvalue weighted by atomic mass is 10.1. The molecule has 1 aromatic carbocycles. The Balaban J connectivity index is 2.02. The summed E-state index contributed by atoms with van der Waals surface area (Å²) in [6, 6.07) is 5.03. The number of phenolic OH excluding ortho intramolecular Hbond substituents is 1. The van der Waals surface area contributed by atoms with Crippen LogP contribution < -0.4 is 11.1 Å². The summed E-state index contributed by atoms with van der Waals surface area (Å²) in [5.74, 6) is -0.374. The number of carbonyl (C=O) groups excluding carboxylic acids is 1. The van der Waals surface area contributed by atoms with Crippen molar-refractivity contribution in [2.75, 3.05) is 12.0 Å². The summed E-state index contributed by atoms with van der Waals surface area (Å²) in [5, 5.41) is 13.3. The summed E-state index contributed by atoms with van der Waals surface area (Å²) in [6.07, 6.45) is 5.23. The van der Waals surface area contributed by atoms with Gasteiger partial charge in [-0.05, 0) is 37.7 Å². The van der Waals surface area contributed by atoms with E-state index < -0.39 is 0 Å². The van der Waals surface area contributed by atoms with Crippen molar-refractivity contribution in [2.45, 2.75) is 30.6 Å². The fraction of sp³-hybridized carbons (Fsp3) is 0.462. The molecule has 0 aromatic heterocycles. The molecule has 1 amide bonds. The molecule has 1 aromatic rings. The number of rotatable bonds is 3. The molecule has 5 heteroatoms. The third-order valence-electron chi connectivity index (χ3n) is 3.36. The number of nitrogens with one attached hydrogen (secondary N) is 1. The maximum Gasteiger partial charge on any atom is 0.255 e. The Hall–Kier alpha value is -1.36. The minimum Gasteiger partial charge on any atom is -0.505 e. The molecule has 2 atom stereocenters. The molecular weight excluding hydrogens is 248 g/mol. The molecule has 0 spiro atoms. The Morgan fingerprint density at radius 3 is 2.94 bits per heavy atom. The molecule has 1 aliphatic rings. The second-order valence-corrected chi connectivity index (χ2v) is 5.72. The van der Waals surface area contributed by atoms with E-state index in [1.165, 1.54) is 0 Å². The van der Waals surface area contributed by atoms with Crippen LogP contribution in [0.2, 0.25) is 0 Å². The lowest BCUT2D eigenvalue weighted by molar-refractivity contribution is 0.0935. The largest absolute Gasteiger partial charge is 0.505 e. The molecule has 0 aliphatic heterocycles. The molecule has 2 unspecified atom stereocenters. The molecule has 1 saturated carbocycles. The first kappa shape index (κ1) is 13.1. The number of para-hydroxylation sites is 1. The van der Waals surface area contributed by atoms with E-state index in [1.807, 2.05) is 11.8 Å². The minimum absolute atomic E-state index is 0.130. The third-order valence-corrected chi connectivity index (χ3v) is 4.46. The van der Waals surface area contributed by atoms with E-state index in [-0.39, 0.29) is 28.9 Å². The van der Waals surface area contributed by atoms with Gasteiger partial charge in [0.1, 0.15) is 0 Å². The van der Waals surface area contributed by atoms with Gasteiger partial charge in [0.05, 0.1) is 11.3 Å². The van der Waals surface area contributed by atoms with Crippen LogP contribution in [0, 0.1) is 0 Å². The fourth-order valence-corrected chi connectivity index (χ4v) is 3.09. The smallest absolute Gasteiger partial charge is 0.255 e. The quantitative estimate of drug-likeness (QED) is 0.577. The van der Waals surface area contributed by atoms with E-state index >= 15 is 0 Å². The van der Waals surface area contributed by atoms with Crippen LogP contribution >= 0.6 is 11.8 Å². The standard InChI is InChI=1S/C13H18N2O2S/c1-18-9-6-5-8(7-9)15-13(17)10-3-2-4-11(14)12(10)16/h2-4,8-9,16H,5-7,14H2,1H3,(H,15,17). The molecule has 0 heterocycles. The fourth-order valence-electron chi connectivity index (χ4n) is 2.29. The van der Waals surface area contributed by atoms with E-state index in [2.05, 4.69) is 11.6 Å². The number of hydrogen-bond donors (Lipinski definition) is 3. The SMILES string of the molecule is CSC1CCC(NC(=O)c2cccc(N)c2O)C1. The Labute approximate surface area is 111 Å². The maximum absolute atomic E-state index is 12.0. The molecule has 0 saturated heterocycles. The number of carbonyl (C=O) groups is 1. The highest BCUT2D eigenvalue weighted by Gasteiger charge is 2.26. The zero-order valence-corrected chi connectivity index (χ0v) is 11.2. The second-order valence-electron chi connectivity index (χ2n) is 4.58. The van der Waals surface area contributed by atoms with Gasteiger partial charge in [0.15, 0.2) is 5.75 Å². The summed E-state index contributed by atoms with van der Waals surface area (Å²) >= 11 is 1.84. The normalized spacial score (nSPS) is 22.9. The number of phenols is 1. The second kappa shape index (κ2) is 5.52. The number of nitrogen functional groups attached to an aromatic ring is 1. The molecule has 0 radical (unpaired) electrons. The predicted octanol–water partition coefficient (Wildman–Crippen LogP) is 1.99. The van der Waals surface area contributed by atoms with Gasteiger partial charge in [0.2, 0.25) is 0 Å². The molecule has 18 heavy (non-hydrogen) atoms. The van der Waals surface area contributed by atoms with Crippen molar-refractivity contribution in [3.63, 3.8) is 0 Å². The molecule has 1 aliphatic carbocycles. The van der Waals surface area contributed by atoms with Crippen molar-refractivity contribution < 1.29 is 9.90 Å². The van der Waals surface area contributed by atoms with Crippen LogP contribution in [0.4, 0.5) is 5.69 Å².